The van der Waals surface area contributed by atoms with Gasteiger partial charge in [-0.1, -0.05) is 13.2 Å². The van der Waals surface area contributed by atoms with E-state index in [-0.39, 0.29) is 11.9 Å². The molecule has 6 nitrogen and oxygen atoms in total. The minimum Gasteiger partial charge on any atom is -0.462 e. The first-order valence-corrected chi connectivity index (χ1v) is 7.12. The van der Waals surface area contributed by atoms with Crippen molar-refractivity contribution in [3.05, 3.63) is 24.8 Å². The van der Waals surface area contributed by atoms with Crippen molar-refractivity contribution in [1.29, 1.82) is 0 Å². The van der Waals surface area contributed by atoms with E-state index < -0.39 is 0 Å². The Hall–Kier alpha value is -1.66. The molecule has 0 bridgehead atoms. The smallest absolute Gasteiger partial charge is 0.333 e. The molecule has 0 aromatic rings. The monoisotopic (exact) mass is 314 g/mol. The lowest BCUT2D eigenvalue weighted by molar-refractivity contribution is -0.139. The standard InChI is InChI=1S/2C8H15NO2/c1-7(2)8(10)11-6-5-9(3)4;1-4-8(10)11-7-5-6-9(2)3/h1,5-6H2,2-4H3;4H,1,5-7H2,2-3H3. The molecule has 0 aromatic heterocycles. The largest absolute Gasteiger partial charge is 0.462 e. The van der Waals surface area contributed by atoms with Crippen LogP contribution in [-0.4, -0.2) is 76.2 Å². The predicted octanol–water partition coefficient (Wildman–Crippen LogP) is 1.33. The van der Waals surface area contributed by atoms with Gasteiger partial charge >= 0.3 is 11.9 Å². The van der Waals surface area contributed by atoms with Crippen LogP contribution in [0.4, 0.5) is 0 Å². The van der Waals surface area contributed by atoms with Gasteiger partial charge in [-0.25, -0.2) is 9.59 Å². The summed E-state index contributed by atoms with van der Waals surface area (Å²) in [5, 5.41) is 0. The van der Waals surface area contributed by atoms with Crippen molar-refractivity contribution >= 4 is 11.9 Å². The van der Waals surface area contributed by atoms with Crippen LogP contribution in [0.3, 0.4) is 0 Å². The van der Waals surface area contributed by atoms with Crippen LogP contribution in [0, 0.1) is 0 Å². The zero-order valence-electron chi connectivity index (χ0n) is 14.6. The molecule has 0 radical (unpaired) electrons. The van der Waals surface area contributed by atoms with Crippen LogP contribution in [-0.2, 0) is 19.1 Å². The van der Waals surface area contributed by atoms with Gasteiger partial charge in [-0.05, 0) is 41.5 Å². The molecule has 0 saturated heterocycles. The summed E-state index contributed by atoms with van der Waals surface area (Å²) in [5.41, 5.74) is 0.448. The molecule has 0 amide bonds. The molecule has 0 N–H and O–H groups in total. The van der Waals surface area contributed by atoms with Crippen molar-refractivity contribution in [2.45, 2.75) is 13.3 Å². The summed E-state index contributed by atoms with van der Waals surface area (Å²) < 4.78 is 9.59. The first kappa shape index (κ1) is 22.6. The Balaban J connectivity index is 0. The van der Waals surface area contributed by atoms with Gasteiger partial charge in [-0.2, -0.15) is 0 Å². The SMILES string of the molecule is C=C(C)C(=O)OCCN(C)C.C=CC(=O)OCCCN(C)C. The van der Waals surface area contributed by atoms with E-state index in [4.69, 9.17) is 9.47 Å². The minimum absolute atomic E-state index is 0.313. The van der Waals surface area contributed by atoms with Gasteiger partial charge in [0, 0.05) is 24.7 Å². The van der Waals surface area contributed by atoms with E-state index in [1.54, 1.807) is 6.92 Å². The highest BCUT2D eigenvalue weighted by atomic mass is 16.5. The average Bonchev–Trinajstić information content (AvgIpc) is 2.43. The third-order valence-electron chi connectivity index (χ3n) is 2.28. The average molecular weight is 314 g/mol. The quantitative estimate of drug-likeness (QED) is 0.364. The first-order chi connectivity index (χ1) is 10.2. The fourth-order valence-corrected chi connectivity index (χ4v) is 1.06. The molecule has 22 heavy (non-hydrogen) atoms. The summed E-state index contributed by atoms with van der Waals surface area (Å²) in [6, 6.07) is 0. The number of carbonyl (C=O) groups is 2. The second-order valence-corrected chi connectivity index (χ2v) is 5.25. The van der Waals surface area contributed by atoms with Gasteiger partial charge in [-0.15, -0.1) is 0 Å². The molecule has 0 atom stereocenters. The maximum atomic E-state index is 10.8. The number of esters is 2. The zero-order valence-corrected chi connectivity index (χ0v) is 14.6. The van der Waals surface area contributed by atoms with Crippen LogP contribution < -0.4 is 0 Å². The van der Waals surface area contributed by atoms with Crippen LogP contribution in [0.5, 0.6) is 0 Å². The summed E-state index contributed by atoms with van der Waals surface area (Å²) in [5.74, 6) is -0.657. The number of likely N-dealkylation sites (N-methyl/N-ethyl adjacent to an activating group) is 1. The van der Waals surface area contributed by atoms with E-state index in [2.05, 4.69) is 13.2 Å². The molecule has 0 aromatic carbocycles. The minimum atomic E-state index is -0.344. The number of rotatable bonds is 9. The highest BCUT2D eigenvalue weighted by Gasteiger charge is 2.01. The number of ether oxygens (including phenoxy) is 2. The summed E-state index contributed by atoms with van der Waals surface area (Å²) >= 11 is 0. The Bertz CT molecular complexity index is 350. The lowest BCUT2D eigenvalue weighted by atomic mass is 10.4. The van der Waals surface area contributed by atoms with E-state index in [1.807, 2.05) is 38.0 Å². The van der Waals surface area contributed by atoms with Gasteiger partial charge in [0.05, 0.1) is 6.61 Å². The van der Waals surface area contributed by atoms with Crippen molar-refractivity contribution in [2.24, 2.45) is 0 Å². The number of nitrogens with zero attached hydrogens (tertiary/aromatic N) is 2. The third kappa shape index (κ3) is 18.3. The van der Waals surface area contributed by atoms with Gasteiger partial charge in [-0.3, -0.25) is 0 Å². The van der Waals surface area contributed by atoms with Gasteiger partial charge in [0.25, 0.3) is 0 Å². The van der Waals surface area contributed by atoms with E-state index in [0.29, 0.717) is 18.8 Å². The molecule has 0 aliphatic rings. The van der Waals surface area contributed by atoms with E-state index in [1.165, 1.54) is 6.08 Å². The Morgan fingerprint density at radius 3 is 1.95 bits per heavy atom. The second-order valence-electron chi connectivity index (χ2n) is 5.25. The van der Waals surface area contributed by atoms with E-state index >= 15 is 0 Å². The molecule has 0 spiro atoms. The number of hydrogen-bond donors (Lipinski definition) is 0. The van der Waals surface area contributed by atoms with Crippen LogP contribution in [0.1, 0.15) is 13.3 Å². The van der Waals surface area contributed by atoms with E-state index in [9.17, 15) is 9.59 Å². The zero-order chi connectivity index (χ0) is 17.5. The normalized spacial score (nSPS) is 9.77. The van der Waals surface area contributed by atoms with Crippen LogP contribution in [0.15, 0.2) is 24.8 Å². The first-order valence-electron chi connectivity index (χ1n) is 7.12. The van der Waals surface area contributed by atoms with Crippen molar-refractivity contribution in [2.75, 3.05) is 54.5 Å². The Labute approximate surface area is 134 Å². The molecule has 128 valence electrons. The fraction of sp³-hybridized carbons (Fsp3) is 0.625. The molecular weight excluding hydrogens is 284 g/mol. The van der Waals surface area contributed by atoms with Crippen molar-refractivity contribution in [1.82, 2.24) is 9.80 Å². The number of carbonyl (C=O) groups excluding carboxylic acids is 2. The molecule has 0 fully saturated rings. The molecule has 0 rings (SSSR count). The van der Waals surface area contributed by atoms with Crippen molar-refractivity contribution in [3.8, 4) is 0 Å². The molecule has 0 heterocycles. The van der Waals surface area contributed by atoms with Crippen molar-refractivity contribution < 1.29 is 19.1 Å². The van der Waals surface area contributed by atoms with E-state index in [0.717, 1.165) is 19.5 Å². The molecule has 0 aliphatic heterocycles. The molecular formula is C16H30N2O4. The summed E-state index contributed by atoms with van der Waals surface area (Å²) in [6.45, 7) is 11.0. The topological polar surface area (TPSA) is 59.1 Å². The van der Waals surface area contributed by atoms with Crippen LogP contribution in [0.2, 0.25) is 0 Å². The maximum Gasteiger partial charge on any atom is 0.333 e. The highest BCUT2D eigenvalue weighted by Crippen LogP contribution is 1.91. The molecule has 0 saturated carbocycles. The predicted molar refractivity (Wildman–Crippen MR) is 88.7 cm³/mol. The molecule has 0 unspecified atom stereocenters. The third-order valence-corrected chi connectivity index (χ3v) is 2.28. The lowest BCUT2D eigenvalue weighted by Gasteiger charge is -2.09. The second kappa shape index (κ2) is 14.3. The van der Waals surface area contributed by atoms with Crippen molar-refractivity contribution in [3.63, 3.8) is 0 Å². The van der Waals surface area contributed by atoms with Gasteiger partial charge in [0.2, 0.25) is 0 Å². The summed E-state index contributed by atoms with van der Waals surface area (Å²) in [7, 11) is 7.81. The van der Waals surface area contributed by atoms with Gasteiger partial charge in [0.1, 0.15) is 6.61 Å². The van der Waals surface area contributed by atoms with Gasteiger partial charge in [0.15, 0.2) is 0 Å². The number of hydrogen-bond acceptors (Lipinski definition) is 6. The molecule has 0 aliphatic carbocycles. The fourth-order valence-electron chi connectivity index (χ4n) is 1.06. The Morgan fingerprint density at radius 2 is 1.55 bits per heavy atom. The maximum absolute atomic E-state index is 10.8. The van der Waals surface area contributed by atoms with Gasteiger partial charge < -0.3 is 19.3 Å². The van der Waals surface area contributed by atoms with Crippen LogP contribution in [0.25, 0.3) is 0 Å². The Kier molecular flexibility index (Phi) is 14.7. The van der Waals surface area contributed by atoms with Crippen LogP contribution >= 0.6 is 0 Å². The summed E-state index contributed by atoms with van der Waals surface area (Å²) in [4.78, 5) is 25.3. The lowest BCUT2D eigenvalue weighted by Crippen LogP contribution is -2.20. The summed E-state index contributed by atoms with van der Waals surface area (Å²) in [6.07, 6.45) is 2.04. The molecule has 6 heteroatoms. The highest BCUT2D eigenvalue weighted by molar-refractivity contribution is 5.86. The Morgan fingerprint density at radius 1 is 1.00 bits per heavy atom.